The Balaban J connectivity index is 1.85. The Hall–Kier alpha value is -1.16. The highest BCUT2D eigenvalue weighted by atomic mass is 32.1. The van der Waals surface area contributed by atoms with Crippen molar-refractivity contribution in [2.24, 2.45) is 5.41 Å². The fraction of sp³-hybridized carbons (Fsp3) is 0.538. The van der Waals surface area contributed by atoms with E-state index in [9.17, 15) is 0 Å². The molecule has 90 valence electrons. The van der Waals surface area contributed by atoms with E-state index >= 15 is 0 Å². The highest BCUT2D eigenvalue weighted by molar-refractivity contribution is 7.18. The molecule has 0 bridgehead atoms. The molecule has 0 atom stereocenters. The summed E-state index contributed by atoms with van der Waals surface area (Å²) in [7, 11) is 0. The number of fused-ring (bicyclic) bond motifs is 1. The molecule has 2 aromatic rings. The first-order chi connectivity index (χ1) is 8.18. The van der Waals surface area contributed by atoms with Crippen molar-refractivity contribution in [1.29, 1.82) is 0 Å². The van der Waals surface area contributed by atoms with Crippen LogP contribution in [0.1, 0.15) is 31.7 Å². The van der Waals surface area contributed by atoms with Crippen LogP contribution in [0, 0.1) is 12.3 Å². The smallest absolute Gasteiger partial charge is 0.147 e. The summed E-state index contributed by atoms with van der Waals surface area (Å²) < 4.78 is 1.19. The molecule has 2 aromatic heterocycles. The first-order valence-electron chi connectivity index (χ1n) is 6.11. The maximum atomic E-state index is 4.37. The SMILES string of the molecule is Cc1csc2c(NCC3(C)CCC3)ncnc12. The topological polar surface area (TPSA) is 37.8 Å². The molecule has 1 aliphatic rings. The lowest BCUT2D eigenvalue weighted by atomic mass is 9.70. The third kappa shape index (κ3) is 1.90. The van der Waals surface area contributed by atoms with Crippen LogP contribution in [0.2, 0.25) is 0 Å². The van der Waals surface area contributed by atoms with E-state index in [2.05, 4.69) is 34.5 Å². The van der Waals surface area contributed by atoms with Gasteiger partial charge in [-0.3, -0.25) is 0 Å². The predicted octanol–water partition coefficient (Wildman–Crippen LogP) is 3.60. The Morgan fingerprint density at radius 2 is 2.24 bits per heavy atom. The summed E-state index contributed by atoms with van der Waals surface area (Å²) in [6.07, 6.45) is 5.69. The van der Waals surface area contributed by atoms with Crippen LogP contribution in [-0.4, -0.2) is 16.5 Å². The summed E-state index contributed by atoms with van der Waals surface area (Å²) in [6, 6.07) is 0. The Bertz CT molecular complexity index is 543. The molecule has 4 heteroatoms. The van der Waals surface area contributed by atoms with Crippen LogP contribution in [0.15, 0.2) is 11.7 Å². The van der Waals surface area contributed by atoms with Crippen molar-refractivity contribution in [3.8, 4) is 0 Å². The van der Waals surface area contributed by atoms with Gasteiger partial charge in [0.15, 0.2) is 0 Å². The van der Waals surface area contributed by atoms with E-state index in [-0.39, 0.29) is 0 Å². The fourth-order valence-corrected chi connectivity index (χ4v) is 3.32. The first-order valence-corrected chi connectivity index (χ1v) is 6.99. The summed E-state index contributed by atoms with van der Waals surface area (Å²) in [4.78, 5) is 8.71. The molecule has 0 spiro atoms. The molecule has 1 aliphatic carbocycles. The third-order valence-electron chi connectivity index (χ3n) is 3.77. The van der Waals surface area contributed by atoms with Crippen molar-refractivity contribution in [2.75, 3.05) is 11.9 Å². The van der Waals surface area contributed by atoms with Crippen molar-refractivity contribution in [3.63, 3.8) is 0 Å². The van der Waals surface area contributed by atoms with Gasteiger partial charge in [-0.05, 0) is 36.1 Å². The molecule has 0 aliphatic heterocycles. The van der Waals surface area contributed by atoms with Gasteiger partial charge in [0.05, 0.1) is 10.2 Å². The summed E-state index contributed by atoms with van der Waals surface area (Å²) in [5.74, 6) is 1.00. The lowest BCUT2D eigenvalue weighted by Gasteiger charge is -2.38. The summed E-state index contributed by atoms with van der Waals surface area (Å²) in [5, 5.41) is 5.65. The second-order valence-electron chi connectivity index (χ2n) is 5.34. The van der Waals surface area contributed by atoms with Gasteiger partial charge in [0.25, 0.3) is 0 Å². The summed E-state index contributed by atoms with van der Waals surface area (Å²) in [6.45, 7) is 5.47. The van der Waals surface area contributed by atoms with Gasteiger partial charge in [-0.2, -0.15) is 0 Å². The molecule has 0 radical (unpaired) electrons. The number of anilines is 1. The predicted molar refractivity (Wildman–Crippen MR) is 72.6 cm³/mol. The standard InChI is InChI=1S/C13H17N3S/c1-9-6-17-11-10(9)15-8-16-12(11)14-7-13(2)4-3-5-13/h6,8H,3-5,7H2,1-2H3,(H,14,15,16). The van der Waals surface area contributed by atoms with Crippen molar-refractivity contribution in [1.82, 2.24) is 9.97 Å². The lowest BCUT2D eigenvalue weighted by Crippen LogP contribution is -2.33. The van der Waals surface area contributed by atoms with Gasteiger partial charge in [0.1, 0.15) is 12.1 Å². The average Bonchev–Trinajstić information content (AvgIpc) is 2.67. The van der Waals surface area contributed by atoms with Gasteiger partial charge >= 0.3 is 0 Å². The minimum Gasteiger partial charge on any atom is -0.368 e. The van der Waals surface area contributed by atoms with E-state index in [0.717, 1.165) is 17.9 Å². The molecule has 1 N–H and O–H groups in total. The molecular weight excluding hydrogens is 230 g/mol. The number of hydrogen-bond donors (Lipinski definition) is 1. The fourth-order valence-electron chi connectivity index (χ4n) is 2.35. The van der Waals surface area contributed by atoms with Crippen LogP contribution in [0.4, 0.5) is 5.82 Å². The van der Waals surface area contributed by atoms with Gasteiger partial charge in [-0.15, -0.1) is 11.3 Å². The van der Waals surface area contributed by atoms with Crippen molar-refractivity contribution >= 4 is 27.4 Å². The van der Waals surface area contributed by atoms with Crippen LogP contribution in [-0.2, 0) is 0 Å². The van der Waals surface area contributed by atoms with E-state index in [0.29, 0.717) is 5.41 Å². The van der Waals surface area contributed by atoms with Gasteiger partial charge in [-0.1, -0.05) is 13.3 Å². The van der Waals surface area contributed by atoms with Gasteiger partial charge < -0.3 is 5.32 Å². The molecule has 1 saturated carbocycles. The largest absolute Gasteiger partial charge is 0.368 e. The molecule has 1 fully saturated rings. The molecule has 17 heavy (non-hydrogen) atoms. The van der Waals surface area contributed by atoms with Crippen LogP contribution in [0.3, 0.4) is 0 Å². The molecule has 0 aromatic carbocycles. The number of rotatable bonds is 3. The normalized spacial score (nSPS) is 18.0. The van der Waals surface area contributed by atoms with Gasteiger partial charge in [0.2, 0.25) is 0 Å². The van der Waals surface area contributed by atoms with Crippen LogP contribution >= 0.6 is 11.3 Å². The number of nitrogens with zero attached hydrogens (tertiary/aromatic N) is 2. The van der Waals surface area contributed by atoms with Crippen LogP contribution in [0.5, 0.6) is 0 Å². The molecule has 0 saturated heterocycles. The lowest BCUT2D eigenvalue weighted by molar-refractivity contribution is 0.180. The Labute approximate surface area is 105 Å². The zero-order valence-corrected chi connectivity index (χ0v) is 11.1. The van der Waals surface area contributed by atoms with Crippen LogP contribution in [0.25, 0.3) is 10.2 Å². The van der Waals surface area contributed by atoms with E-state index < -0.39 is 0 Å². The van der Waals surface area contributed by atoms with Crippen molar-refractivity contribution < 1.29 is 0 Å². The summed E-state index contributed by atoms with van der Waals surface area (Å²) >= 11 is 1.73. The Morgan fingerprint density at radius 3 is 2.94 bits per heavy atom. The molecule has 0 amide bonds. The first kappa shape index (κ1) is 11.0. The number of aryl methyl sites for hydroxylation is 1. The monoisotopic (exact) mass is 247 g/mol. The van der Waals surface area contributed by atoms with E-state index in [1.807, 2.05) is 0 Å². The number of hydrogen-bond acceptors (Lipinski definition) is 4. The maximum Gasteiger partial charge on any atom is 0.147 e. The molecule has 0 unspecified atom stereocenters. The van der Waals surface area contributed by atoms with Crippen molar-refractivity contribution in [3.05, 3.63) is 17.3 Å². The van der Waals surface area contributed by atoms with Gasteiger partial charge in [0, 0.05) is 6.54 Å². The minimum atomic E-state index is 0.476. The van der Waals surface area contributed by atoms with Crippen molar-refractivity contribution in [2.45, 2.75) is 33.1 Å². The summed E-state index contributed by atoms with van der Waals surface area (Å²) in [5.41, 5.74) is 2.81. The second kappa shape index (κ2) is 3.95. The molecule has 2 heterocycles. The molecule has 3 nitrogen and oxygen atoms in total. The van der Waals surface area contributed by atoms with Gasteiger partial charge in [-0.25, -0.2) is 9.97 Å². The molecule has 3 rings (SSSR count). The van der Waals surface area contributed by atoms with E-state index in [4.69, 9.17) is 0 Å². The number of aromatic nitrogens is 2. The zero-order valence-electron chi connectivity index (χ0n) is 10.3. The van der Waals surface area contributed by atoms with Crippen LogP contribution < -0.4 is 5.32 Å². The third-order valence-corrected chi connectivity index (χ3v) is 4.87. The maximum absolute atomic E-state index is 4.37. The Kier molecular flexibility index (Phi) is 2.54. The minimum absolute atomic E-state index is 0.476. The number of nitrogens with one attached hydrogen (secondary N) is 1. The highest BCUT2D eigenvalue weighted by Crippen LogP contribution is 2.40. The average molecular weight is 247 g/mol. The van der Waals surface area contributed by atoms with E-state index in [1.165, 1.54) is 29.5 Å². The number of thiophene rings is 1. The van der Waals surface area contributed by atoms with E-state index in [1.54, 1.807) is 17.7 Å². The quantitative estimate of drug-likeness (QED) is 0.900. The molecular formula is C13H17N3S. The Morgan fingerprint density at radius 1 is 1.41 bits per heavy atom. The highest BCUT2D eigenvalue weighted by Gasteiger charge is 2.31. The zero-order chi connectivity index (χ0) is 11.9. The second-order valence-corrected chi connectivity index (χ2v) is 6.22.